The molecule has 1 aliphatic rings. The van der Waals surface area contributed by atoms with Gasteiger partial charge in [-0.3, -0.25) is 4.79 Å². The predicted molar refractivity (Wildman–Crippen MR) is 93.9 cm³/mol. The Bertz CT molecular complexity index is 684. The first-order valence-corrected chi connectivity index (χ1v) is 7.78. The average molecular weight is 355 g/mol. The average Bonchev–Trinajstić information content (AvgIpc) is 2.90. The molecule has 1 amide bonds. The zero-order valence-corrected chi connectivity index (χ0v) is 14.7. The van der Waals surface area contributed by atoms with Crippen LogP contribution in [0.1, 0.15) is 23.0 Å². The minimum Gasteiger partial charge on any atom is -0.333 e. The van der Waals surface area contributed by atoms with Crippen LogP contribution in [0.2, 0.25) is 5.02 Å². The zero-order chi connectivity index (χ0) is 15.7. The van der Waals surface area contributed by atoms with E-state index in [2.05, 4.69) is 17.3 Å². The van der Waals surface area contributed by atoms with Crippen molar-refractivity contribution in [2.75, 3.05) is 19.6 Å². The first kappa shape index (κ1) is 17.8. The number of aryl methyl sites for hydroxylation is 1. The van der Waals surface area contributed by atoms with E-state index < -0.39 is 0 Å². The van der Waals surface area contributed by atoms with Crippen LogP contribution < -0.4 is 5.32 Å². The lowest BCUT2D eigenvalue weighted by atomic mass is 10.1. The molecular formula is C16H20Cl2N4O. The first-order valence-electron chi connectivity index (χ1n) is 7.40. The fourth-order valence-electron chi connectivity index (χ4n) is 2.69. The Morgan fingerprint density at radius 2 is 2.04 bits per heavy atom. The number of hydrogen-bond acceptors (Lipinski definition) is 3. The molecule has 3 rings (SSSR count). The summed E-state index contributed by atoms with van der Waals surface area (Å²) in [5, 5.41) is 8.44. The molecule has 1 atom stereocenters. The van der Waals surface area contributed by atoms with Crippen LogP contribution >= 0.6 is 24.0 Å². The molecule has 23 heavy (non-hydrogen) atoms. The number of carbonyl (C=O) groups excluding carboxylic acids is 1. The summed E-state index contributed by atoms with van der Waals surface area (Å²) in [6, 6.07) is 7.59. The van der Waals surface area contributed by atoms with Gasteiger partial charge in [0.05, 0.1) is 16.9 Å². The maximum atomic E-state index is 12.8. The van der Waals surface area contributed by atoms with Crippen molar-refractivity contribution in [2.24, 2.45) is 0 Å². The molecule has 2 heterocycles. The van der Waals surface area contributed by atoms with Gasteiger partial charge in [0, 0.05) is 36.9 Å². The minimum atomic E-state index is 0. The van der Waals surface area contributed by atoms with E-state index in [1.807, 2.05) is 36.1 Å². The normalized spacial score (nSPS) is 17.7. The minimum absolute atomic E-state index is 0. The third-order valence-corrected chi connectivity index (χ3v) is 4.23. The van der Waals surface area contributed by atoms with Crippen LogP contribution in [-0.2, 0) is 0 Å². The van der Waals surface area contributed by atoms with Crippen LogP contribution in [0.4, 0.5) is 0 Å². The molecule has 0 unspecified atom stereocenters. The topological polar surface area (TPSA) is 50.2 Å². The molecule has 5 nitrogen and oxygen atoms in total. The monoisotopic (exact) mass is 354 g/mol. The molecule has 0 bridgehead atoms. The van der Waals surface area contributed by atoms with Gasteiger partial charge in [0.25, 0.3) is 5.91 Å². The van der Waals surface area contributed by atoms with Gasteiger partial charge in [-0.1, -0.05) is 11.6 Å². The lowest BCUT2D eigenvalue weighted by Gasteiger charge is -2.33. The molecule has 1 aliphatic heterocycles. The Morgan fingerprint density at radius 1 is 1.35 bits per heavy atom. The summed E-state index contributed by atoms with van der Waals surface area (Å²) in [6.07, 6.45) is 1.80. The van der Waals surface area contributed by atoms with E-state index >= 15 is 0 Å². The van der Waals surface area contributed by atoms with Gasteiger partial charge in [0.1, 0.15) is 0 Å². The second-order valence-electron chi connectivity index (χ2n) is 5.60. The molecular weight excluding hydrogens is 335 g/mol. The van der Waals surface area contributed by atoms with Crippen molar-refractivity contribution in [3.05, 3.63) is 46.7 Å². The predicted octanol–water partition coefficient (Wildman–Crippen LogP) is 2.69. The van der Waals surface area contributed by atoms with Gasteiger partial charge in [0.15, 0.2) is 0 Å². The molecule has 0 saturated carbocycles. The van der Waals surface area contributed by atoms with Crippen molar-refractivity contribution in [1.82, 2.24) is 20.0 Å². The summed E-state index contributed by atoms with van der Waals surface area (Å²) in [5.74, 6) is 0.0479. The number of benzene rings is 1. The second kappa shape index (κ2) is 7.34. The number of amides is 1. The highest BCUT2D eigenvalue weighted by atomic mass is 35.5. The number of carbonyl (C=O) groups is 1. The molecule has 0 aliphatic carbocycles. The third kappa shape index (κ3) is 3.68. The standard InChI is InChI=1S/C16H19ClN4O.ClH/c1-11-9-18-7-8-20(11)16(22)15-10-21(19-12(15)2)14-5-3-13(17)4-6-14;/h3-6,10-11,18H,7-9H2,1-2H3;1H/t11-;/m0./s1. The molecule has 1 saturated heterocycles. The fourth-order valence-corrected chi connectivity index (χ4v) is 2.82. The molecule has 0 spiro atoms. The molecule has 1 aromatic heterocycles. The molecule has 2 aromatic rings. The van der Waals surface area contributed by atoms with Gasteiger partial charge >= 0.3 is 0 Å². The zero-order valence-electron chi connectivity index (χ0n) is 13.1. The molecule has 1 fully saturated rings. The van der Waals surface area contributed by atoms with E-state index in [4.69, 9.17) is 11.6 Å². The second-order valence-corrected chi connectivity index (χ2v) is 6.04. The Balaban J connectivity index is 0.00000192. The van der Waals surface area contributed by atoms with E-state index in [1.165, 1.54) is 0 Å². The van der Waals surface area contributed by atoms with Gasteiger partial charge in [0.2, 0.25) is 0 Å². The van der Waals surface area contributed by atoms with Crippen molar-refractivity contribution >= 4 is 29.9 Å². The van der Waals surface area contributed by atoms with E-state index in [0.29, 0.717) is 10.6 Å². The van der Waals surface area contributed by atoms with E-state index in [9.17, 15) is 4.79 Å². The maximum absolute atomic E-state index is 12.8. The van der Waals surface area contributed by atoms with Crippen molar-refractivity contribution in [3.63, 3.8) is 0 Å². The van der Waals surface area contributed by atoms with E-state index in [-0.39, 0.29) is 24.4 Å². The molecule has 1 N–H and O–H groups in total. The molecule has 1 aromatic carbocycles. The Hall–Kier alpha value is -1.56. The SMILES string of the molecule is Cc1nn(-c2ccc(Cl)cc2)cc1C(=O)N1CCNC[C@@H]1C.Cl. The summed E-state index contributed by atoms with van der Waals surface area (Å²) < 4.78 is 1.73. The summed E-state index contributed by atoms with van der Waals surface area (Å²) in [7, 11) is 0. The van der Waals surface area contributed by atoms with Crippen LogP contribution in [0.25, 0.3) is 5.69 Å². The molecule has 7 heteroatoms. The quantitative estimate of drug-likeness (QED) is 0.901. The number of piperazine rings is 1. The summed E-state index contributed by atoms with van der Waals surface area (Å²) in [6.45, 7) is 6.32. The van der Waals surface area contributed by atoms with Gasteiger partial charge < -0.3 is 10.2 Å². The number of hydrogen-bond donors (Lipinski definition) is 1. The Kier molecular flexibility index (Phi) is 5.68. The number of rotatable bonds is 2. The highest BCUT2D eigenvalue weighted by molar-refractivity contribution is 6.30. The van der Waals surface area contributed by atoms with E-state index in [1.54, 1.807) is 10.9 Å². The van der Waals surface area contributed by atoms with Crippen molar-refractivity contribution < 1.29 is 4.79 Å². The van der Waals surface area contributed by atoms with Gasteiger partial charge in [-0.2, -0.15) is 5.10 Å². The Labute approximate surface area is 147 Å². The molecule has 0 radical (unpaired) electrons. The number of aromatic nitrogens is 2. The fraction of sp³-hybridized carbons (Fsp3) is 0.375. The van der Waals surface area contributed by atoms with Crippen molar-refractivity contribution in [3.8, 4) is 5.69 Å². The van der Waals surface area contributed by atoms with Gasteiger partial charge in [-0.25, -0.2) is 4.68 Å². The number of nitrogens with zero attached hydrogens (tertiary/aromatic N) is 3. The smallest absolute Gasteiger partial charge is 0.257 e. The lowest BCUT2D eigenvalue weighted by molar-refractivity contribution is 0.0655. The lowest BCUT2D eigenvalue weighted by Crippen LogP contribution is -2.52. The van der Waals surface area contributed by atoms with Gasteiger partial charge in [-0.05, 0) is 38.1 Å². The first-order chi connectivity index (χ1) is 10.6. The number of nitrogens with one attached hydrogen (secondary N) is 1. The van der Waals surface area contributed by atoms with Crippen molar-refractivity contribution in [1.29, 1.82) is 0 Å². The highest BCUT2D eigenvalue weighted by Gasteiger charge is 2.26. The van der Waals surface area contributed by atoms with Crippen LogP contribution in [0.3, 0.4) is 0 Å². The Morgan fingerprint density at radius 3 is 2.70 bits per heavy atom. The van der Waals surface area contributed by atoms with Crippen LogP contribution in [-0.4, -0.2) is 46.3 Å². The highest BCUT2D eigenvalue weighted by Crippen LogP contribution is 2.17. The summed E-state index contributed by atoms with van der Waals surface area (Å²) >= 11 is 5.91. The van der Waals surface area contributed by atoms with Crippen molar-refractivity contribution in [2.45, 2.75) is 19.9 Å². The maximum Gasteiger partial charge on any atom is 0.257 e. The van der Waals surface area contributed by atoms with Gasteiger partial charge in [-0.15, -0.1) is 12.4 Å². The molecule has 124 valence electrons. The third-order valence-electron chi connectivity index (χ3n) is 3.98. The number of halogens is 2. The van der Waals surface area contributed by atoms with Crippen LogP contribution in [0, 0.1) is 6.92 Å². The summed E-state index contributed by atoms with van der Waals surface area (Å²) in [5.41, 5.74) is 2.29. The summed E-state index contributed by atoms with van der Waals surface area (Å²) in [4.78, 5) is 14.7. The van der Waals surface area contributed by atoms with Crippen LogP contribution in [0.15, 0.2) is 30.5 Å². The largest absolute Gasteiger partial charge is 0.333 e. The van der Waals surface area contributed by atoms with Crippen LogP contribution in [0.5, 0.6) is 0 Å². The van der Waals surface area contributed by atoms with E-state index in [0.717, 1.165) is 31.0 Å².